The number of hydrogen-bond donors (Lipinski definition) is 0. The Kier molecular flexibility index (Phi) is 2.71. The Hall–Kier alpha value is -2.67. The number of methoxy groups -OCH3 is 1. The Morgan fingerprint density at radius 2 is 2.14 bits per heavy atom. The van der Waals surface area contributed by atoms with Crippen LogP contribution in [0.5, 0.6) is 11.5 Å². The van der Waals surface area contributed by atoms with Crippen LogP contribution < -0.4 is 9.47 Å². The van der Waals surface area contributed by atoms with Crippen LogP contribution in [0.25, 0.3) is 17.0 Å². The van der Waals surface area contributed by atoms with Gasteiger partial charge in [0.1, 0.15) is 6.61 Å². The lowest BCUT2D eigenvalue weighted by atomic mass is 10.1. The molecule has 0 saturated carbocycles. The zero-order valence-corrected chi connectivity index (χ0v) is 11.3. The molecule has 0 fully saturated rings. The van der Waals surface area contributed by atoms with Crippen molar-refractivity contribution in [2.45, 2.75) is 6.61 Å². The first-order chi connectivity index (χ1) is 10.3. The molecule has 7 heteroatoms. The maximum absolute atomic E-state index is 5.41. The number of benzene rings is 1. The first-order valence-electron chi connectivity index (χ1n) is 6.45. The highest BCUT2D eigenvalue weighted by atomic mass is 16.7. The summed E-state index contributed by atoms with van der Waals surface area (Å²) < 4.78 is 17.5. The second-order valence-corrected chi connectivity index (χ2v) is 4.57. The van der Waals surface area contributed by atoms with Crippen LogP contribution in [0.2, 0.25) is 0 Å². The molecule has 0 radical (unpaired) electrons. The van der Waals surface area contributed by atoms with Crippen molar-refractivity contribution in [3.8, 4) is 22.8 Å². The van der Waals surface area contributed by atoms with Gasteiger partial charge in [-0.3, -0.25) is 0 Å². The van der Waals surface area contributed by atoms with Gasteiger partial charge < -0.3 is 14.2 Å². The van der Waals surface area contributed by atoms with Gasteiger partial charge in [-0.25, -0.2) is 4.98 Å². The molecule has 1 aromatic carbocycles. The standard InChI is InChI=1S/C14H12N4O3/c1-19-7-13-16-14-15-5-4-10(18(14)17-13)9-2-3-11-12(6-9)21-8-20-11/h2-6H,7-8H2,1H3. The smallest absolute Gasteiger partial charge is 0.253 e. The highest BCUT2D eigenvalue weighted by Crippen LogP contribution is 2.35. The van der Waals surface area contributed by atoms with Gasteiger partial charge in [0.25, 0.3) is 5.78 Å². The maximum Gasteiger partial charge on any atom is 0.253 e. The van der Waals surface area contributed by atoms with Crippen molar-refractivity contribution < 1.29 is 14.2 Å². The second kappa shape index (κ2) is 4.71. The molecule has 21 heavy (non-hydrogen) atoms. The quantitative estimate of drug-likeness (QED) is 0.728. The van der Waals surface area contributed by atoms with Gasteiger partial charge in [-0.15, -0.1) is 5.10 Å². The predicted molar refractivity (Wildman–Crippen MR) is 73.1 cm³/mol. The zero-order valence-electron chi connectivity index (χ0n) is 11.3. The van der Waals surface area contributed by atoms with Crippen molar-refractivity contribution in [1.29, 1.82) is 0 Å². The molecule has 1 aliphatic heterocycles. The number of aromatic nitrogens is 4. The molecule has 3 aromatic rings. The first-order valence-corrected chi connectivity index (χ1v) is 6.45. The molecule has 106 valence electrons. The van der Waals surface area contributed by atoms with E-state index in [2.05, 4.69) is 15.1 Å². The van der Waals surface area contributed by atoms with E-state index >= 15 is 0 Å². The molecule has 0 aliphatic carbocycles. The lowest BCUT2D eigenvalue weighted by molar-refractivity contribution is 0.174. The molecular weight excluding hydrogens is 272 g/mol. The Morgan fingerprint density at radius 3 is 3.05 bits per heavy atom. The molecule has 7 nitrogen and oxygen atoms in total. The summed E-state index contributed by atoms with van der Waals surface area (Å²) in [5.41, 5.74) is 1.84. The zero-order chi connectivity index (χ0) is 14.2. The number of nitrogens with zero attached hydrogens (tertiary/aromatic N) is 4. The minimum atomic E-state index is 0.256. The summed E-state index contributed by atoms with van der Waals surface area (Å²) in [6, 6.07) is 7.65. The highest BCUT2D eigenvalue weighted by molar-refractivity contribution is 5.65. The van der Waals surface area contributed by atoms with Gasteiger partial charge in [0.05, 0.1) is 5.69 Å². The number of fused-ring (bicyclic) bond motifs is 2. The van der Waals surface area contributed by atoms with Gasteiger partial charge in [0, 0.05) is 18.9 Å². The van der Waals surface area contributed by atoms with E-state index in [1.807, 2.05) is 24.3 Å². The van der Waals surface area contributed by atoms with Crippen LogP contribution >= 0.6 is 0 Å². The van der Waals surface area contributed by atoms with Crippen LogP contribution in [-0.4, -0.2) is 33.5 Å². The monoisotopic (exact) mass is 284 g/mol. The van der Waals surface area contributed by atoms with E-state index in [0.717, 1.165) is 22.8 Å². The van der Waals surface area contributed by atoms with Gasteiger partial charge in [-0.05, 0) is 24.3 Å². The fourth-order valence-electron chi connectivity index (χ4n) is 2.30. The summed E-state index contributed by atoms with van der Waals surface area (Å²) in [5, 5.41) is 4.42. The molecule has 0 bridgehead atoms. The number of rotatable bonds is 3. The van der Waals surface area contributed by atoms with Crippen molar-refractivity contribution in [1.82, 2.24) is 19.6 Å². The van der Waals surface area contributed by atoms with E-state index in [0.29, 0.717) is 18.2 Å². The fraction of sp³-hybridized carbons (Fsp3) is 0.214. The average Bonchev–Trinajstić information content (AvgIpc) is 3.12. The van der Waals surface area contributed by atoms with E-state index in [1.165, 1.54) is 0 Å². The minimum absolute atomic E-state index is 0.256. The van der Waals surface area contributed by atoms with Crippen molar-refractivity contribution in [3.63, 3.8) is 0 Å². The molecule has 0 atom stereocenters. The van der Waals surface area contributed by atoms with Crippen LogP contribution in [0.1, 0.15) is 5.82 Å². The van der Waals surface area contributed by atoms with E-state index in [1.54, 1.807) is 17.8 Å². The summed E-state index contributed by atoms with van der Waals surface area (Å²) in [4.78, 5) is 8.54. The van der Waals surface area contributed by atoms with Crippen LogP contribution in [0.3, 0.4) is 0 Å². The van der Waals surface area contributed by atoms with Crippen molar-refractivity contribution in [2.24, 2.45) is 0 Å². The van der Waals surface area contributed by atoms with Gasteiger partial charge in [0.15, 0.2) is 17.3 Å². The predicted octanol–water partition coefficient (Wildman–Crippen LogP) is 1.67. The fourth-order valence-corrected chi connectivity index (χ4v) is 2.30. The molecule has 4 rings (SSSR count). The van der Waals surface area contributed by atoms with Crippen molar-refractivity contribution >= 4 is 5.78 Å². The molecule has 1 aliphatic rings. The molecule has 0 saturated heterocycles. The largest absolute Gasteiger partial charge is 0.454 e. The SMILES string of the molecule is COCc1nc2nccc(-c3ccc4c(c3)OCO4)n2n1. The van der Waals surface area contributed by atoms with Gasteiger partial charge in [0.2, 0.25) is 6.79 Å². The third-order valence-electron chi connectivity index (χ3n) is 3.23. The maximum atomic E-state index is 5.41. The molecular formula is C14H12N4O3. The molecule has 2 aromatic heterocycles. The Bertz CT molecular complexity index is 815. The van der Waals surface area contributed by atoms with Crippen LogP contribution in [0.4, 0.5) is 0 Å². The van der Waals surface area contributed by atoms with Crippen molar-refractivity contribution in [2.75, 3.05) is 13.9 Å². The lowest BCUT2D eigenvalue weighted by Crippen LogP contribution is -1.96. The van der Waals surface area contributed by atoms with E-state index < -0.39 is 0 Å². The summed E-state index contributed by atoms with van der Waals surface area (Å²) in [7, 11) is 1.61. The first kappa shape index (κ1) is 12.1. The molecule has 3 heterocycles. The Labute approximate surface area is 120 Å². The lowest BCUT2D eigenvalue weighted by Gasteiger charge is -2.04. The van der Waals surface area contributed by atoms with E-state index in [9.17, 15) is 0 Å². The Morgan fingerprint density at radius 1 is 1.24 bits per heavy atom. The number of ether oxygens (including phenoxy) is 3. The average molecular weight is 284 g/mol. The Balaban J connectivity index is 1.85. The normalized spacial score (nSPS) is 13.0. The van der Waals surface area contributed by atoms with Crippen LogP contribution in [0, 0.1) is 0 Å². The third-order valence-corrected chi connectivity index (χ3v) is 3.23. The summed E-state index contributed by atoms with van der Waals surface area (Å²) >= 11 is 0. The third kappa shape index (κ3) is 1.98. The van der Waals surface area contributed by atoms with E-state index in [4.69, 9.17) is 14.2 Å². The summed E-state index contributed by atoms with van der Waals surface area (Å²) in [6.07, 6.45) is 1.71. The minimum Gasteiger partial charge on any atom is -0.454 e. The van der Waals surface area contributed by atoms with E-state index in [-0.39, 0.29) is 6.79 Å². The topological polar surface area (TPSA) is 70.8 Å². The summed E-state index contributed by atoms with van der Waals surface area (Å²) in [6.45, 7) is 0.607. The van der Waals surface area contributed by atoms with Gasteiger partial charge in [-0.1, -0.05) is 0 Å². The number of hydrogen-bond acceptors (Lipinski definition) is 6. The molecule has 0 amide bonds. The van der Waals surface area contributed by atoms with Crippen LogP contribution in [-0.2, 0) is 11.3 Å². The van der Waals surface area contributed by atoms with Gasteiger partial charge in [-0.2, -0.15) is 9.50 Å². The molecule has 0 spiro atoms. The molecule has 0 N–H and O–H groups in total. The highest BCUT2D eigenvalue weighted by Gasteiger charge is 2.16. The van der Waals surface area contributed by atoms with Crippen molar-refractivity contribution in [3.05, 3.63) is 36.3 Å². The second-order valence-electron chi connectivity index (χ2n) is 4.57. The van der Waals surface area contributed by atoms with Gasteiger partial charge >= 0.3 is 0 Å². The van der Waals surface area contributed by atoms with Crippen LogP contribution in [0.15, 0.2) is 30.5 Å². The molecule has 0 unspecified atom stereocenters. The summed E-state index contributed by atoms with van der Waals surface area (Å²) in [5.74, 6) is 2.62.